The predicted molar refractivity (Wildman–Crippen MR) is 66.2 cm³/mol. The van der Waals surface area contributed by atoms with Crippen LogP contribution in [0.15, 0.2) is 24.3 Å². The average molecular weight is 237 g/mol. The minimum Gasteiger partial charge on any atom is -0.494 e. The third-order valence-electron chi connectivity index (χ3n) is 2.37. The summed E-state index contributed by atoms with van der Waals surface area (Å²) in [6, 6.07) is 7.58. The van der Waals surface area contributed by atoms with Crippen LogP contribution in [0.25, 0.3) is 0 Å². The molecule has 0 spiro atoms. The molecular formula is C13H19NO3. The Kier molecular flexibility index (Phi) is 4.52. The first kappa shape index (κ1) is 13.5. The molecule has 0 fully saturated rings. The molecule has 0 aliphatic rings. The van der Waals surface area contributed by atoms with Crippen molar-refractivity contribution in [1.82, 2.24) is 0 Å². The minimum absolute atomic E-state index is 0.0497. The highest BCUT2D eigenvalue weighted by Gasteiger charge is 2.22. The van der Waals surface area contributed by atoms with Crippen LogP contribution in [0.4, 0.5) is 0 Å². The Bertz CT molecular complexity index is 388. The van der Waals surface area contributed by atoms with Gasteiger partial charge in [0.2, 0.25) is 0 Å². The lowest BCUT2D eigenvalue weighted by molar-refractivity contribution is -0.138. The Morgan fingerprint density at radius 1 is 1.53 bits per heavy atom. The molecule has 1 atom stereocenters. The van der Waals surface area contributed by atoms with Gasteiger partial charge in [0, 0.05) is 5.54 Å². The molecular weight excluding hydrogens is 218 g/mol. The second kappa shape index (κ2) is 5.68. The van der Waals surface area contributed by atoms with E-state index in [1.807, 2.05) is 31.2 Å². The zero-order valence-electron chi connectivity index (χ0n) is 10.3. The highest BCUT2D eigenvalue weighted by molar-refractivity contribution is 5.68. The fourth-order valence-corrected chi connectivity index (χ4v) is 1.79. The zero-order valence-corrected chi connectivity index (χ0v) is 10.3. The van der Waals surface area contributed by atoms with Crippen molar-refractivity contribution in [3.05, 3.63) is 29.8 Å². The van der Waals surface area contributed by atoms with Crippen LogP contribution < -0.4 is 10.5 Å². The van der Waals surface area contributed by atoms with E-state index in [9.17, 15) is 4.79 Å². The molecule has 1 aromatic rings. The van der Waals surface area contributed by atoms with Gasteiger partial charge in [-0.1, -0.05) is 12.1 Å². The van der Waals surface area contributed by atoms with E-state index in [0.717, 1.165) is 11.3 Å². The summed E-state index contributed by atoms with van der Waals surface area (Å²) in [6.45, 7) is 4.27. The summed E-state index contributed by atoms with van der Waals surface area (Å²) in [6.07, 6.45) is 0.464. The second-order valence-electron chi connectivity index (χ2n) is 4.48. The molecule has 1 aromatic carbocycles. The van der Waals surface area contributed by atoms with Crippen LogP contribution in [-0.4, -0.2) is 23.2 Å². The maximum Gasteiger partial charge on any atom is 0.305 e. The molecule has 0 saturated carbocycles. The predicted octanol–water partition coefficient (Wildman–Crippen LogP) is 1.82. The third kappa shape index (κ3) is 4.87. The third-order valence-corrected chi connectivity index (χ3v) is 2.37. The molecule has 0 saturated heterocycles. The number of nitrogens with two attached hydrogens (primary N) is 1. The van der Waals surface area contributed by atoms with Gasteiger partial charge >= 0.3 is 5.97 Å². The Morgan fingerprint density at radius 3 is 2.82 bits per heavy atom. The van der Waals surface area contributed by atoms with Gasteiger partial charge in [-0.05, 0) is 38.0 Å². The van der Waals surface area contributed by atoms with E-state index in [1.165, 1.54) is 0 Å². The summed E-state index contributed by atoms with van der Waals surface area (Å²) in [5.74, 6) is -0.0907. The van der Waals surface area contributed by atoms with Crippen molar-refractivity contribution in [1.29, 1.82) is 0 Å². The highest BCUT2D eigenvalue weighted by Crippen LogP contribution is 2.19. The van der Waals surface area contributed by atoms with E-state index in [-0.39, 0.29) is 6.42 Å². The molecule has 0 radical (unpaired) electrons. The van der Waals surface area contributed by atoms with E-state index < -0.39 is 11.5 Å². The van der Waals surface area contributed by atoms with E-state index in [4.69, 9.17) is 15.6 Å². The molecule has 4 heteroatoms. The molecule has 0 heterocycles. The molecule has 0 aliphatic carbocycles. The number of carboxylic acid groups (broad SMARTS) is 1. The smallest absolute Gasteiger partial charge is 0.305 e. The largest absolute Gasteiger partial charge is 0.494 e. The lowest BCUT2D eigenvalue weighted by atomic mass is 9.91. The standard InChI is InChI=1S/C13H19NO3/c1-3-17-11-6-4-5-10(7-11)8-13(2,14)9-12(15)16/h4-7H,3,8-9,14H2,1-2H3,(H,15,16). The number of carboxylic acids is 1. The van der Waals surface area contributed by atoms with E-state index >= 15 is 0 Å². The van der Waals surface area contributed by atoms with Gasteiger partial charge in [0.25, 0.3) is 0 Å². The van der Waals surface area contributed by atoms with Crippen molar-refractivity contribution in [3.63, 3.8) is 0 Å². The number of hydrogen-bond acceptors (Lipinski definition) is 3. The minimum atomic E-state index is -0.879. The normalized spacial score (nSPS) is 14.1. The van der Waals surface area contributed by atoms with Crippen LogP contribution in [0.5, 0.6) is 5.75 Å². The van der Waals surface area contributed by atoms with Crippen molar-refractivity contribution < 1.29 is 14.6 Å². The maximum atomic E-state index is 10.7. The first-order chi connectivity index (χ1) is 7.93. The fraction of sp³-hybridized carbons (Fsp3) is 0.462. The summed E-state index contributed by atoms with van der Waals surface area (Å²) in [7, 11) is 0. The van der Waals surface area contributed by atoms with Crippen LogP contribution >= 0.6 is 0 Å². The number of ether oxygens (including phenoxy) is 1. The quantitative estimate of drug-likeness (QED) is 0.791. The van der Waals surface area contributed by atoms with Crippen molar-refractivity contribution in [3.8, 4) is 5.75 Å². The number of aliphatic carboxylic acids is 1. The number of benzene rings is 1. The second-order valence-corrected chi connectivity index (χ2v) is 4.48. The summed E-state index contributed by atoms with van der Waals surface area (Å²) in [5, 5.41) is 8.76. The van der Waals surface area contributed by atoms with Crippen LogP contribution in [0.1, 0.15) is 25.8 Å². The summed E-state index contributed by atoms with van der Waals surface area (Å²) in [5.41, 5.74) is 6.20. The van der Waals surface area contributed by atoms with Gasteiger partial charge in [-0.15, -0.1) is 0 Å². The number of hydrogen-bond donors (Lipinski definition) is 2. The number of carbonyl (C=O) groups is 1. The van der Waals surface area contributed by atoms with E-state index in [2.05, 4.69) is 0 Å². The topological polar surface area (TPSA) is 72.5 Å². The summed E-state index contributed by atoms with van der Waals surface area (Å²) in [4.78, 5) is 10.7. The first-order valence-electron chi connectivity index (χ1n) is 5.65. The van der Waals surface area contributed by atoms with Crippen LogP contribution in [0.2, 0.25) is 0 Å². The molecule has 0 bridgehead atoms. The van der Waals surface area contributed by atoms with Gasteiger partial charge in [-0.2, -0.15) is 0 Å². The lowest BCUT2D eigenvalue weighted by Gasteiger charge is -2.22. The molecule has 0 aromatic heterocycles. The molecule has 0 aliphatic heterocycles. The Hall–Kier alpha value is -1.55. The van der Waals surface area contributed by atoms with Gasteiger partial charge in [0.15, 0.2) is 0 Å². The monoisotopic (exact) mass is 237 g/mol. The van der Waals surface area contributed by atoms with Crippen molar-refractivity contribution >= 4 is 5.97 Å². The highest BCUT2D eigenvalue weighted by atomic mass is 16.5. The van der Waals surface area contributed by atoms with Gasteiger partial charge in [-0.25, -0.2) is 0 Å². The maximum absolute atomic E-state index is 10.7. The van der Waals surface area contributed by atoms with Crippen molar-refractivity contribution in [2.24, 2.45) is 5.73 Å². The summed E-state index contributed by atoms with van der Waals surface area (Å²) >= 11 is 0. The Labute approximate surface area is 101 Å². The van der Waals surface area contributed by atoms with Crippen LogP contribution in [0, 0.1) is 0 Å². The van der Waals surface area contributed by atoms with Crippen molar-refractivity contribution in [2.75, 3.05) is 6.61 Å². The number of rotatable bonds is 6. The SMILES string of the molecule is CCOc1cccc(CC(C)(N)CC(=O)O)c1. The molecule has 4 nitrogen and oxygen atoms in total. The van der Waals surface area contributed by atoms with Gasteiger partial charge in [0.1, 0.15) is 5.75 Å². The van der Waals surface area contributed by atoms with Crippen LogP contribution in [0.3, 0.4) is 0 Å². The molecule has 1 unspecified atom stereocenters. The molecule has 94 valence electrons. The molecule has 0 amide bonds. The van der Waals surface area contributed by atoms with Crippen LogP contribution in [-0.2, 0) is 11.2 Å². The zero-order chi connectivity index (χ0) is 12.9. The Morgan fingerprint density at radius 2 is 2.24 bits per heavy atom. The molecule has 3 N–H and O–H groups in total. The fourth-order valence-electron chi connectivity index (χ4n) is 1.79. The summed E-state index contributed by atoms with van der Waals surface area (Å²) < 4.78 is 5.38. The van der Waals surface area contributed by atoms with E-state index in [0.29, 0.717) is 13.0 Å². The average Bonchev–Trinajstić information content (AvgIpc) is 2.15. The molecule has 1 rings (SSSR count). The van der Waals surface area contributed by atoms with E-state index in [1.54, 1.807) is 6.92 Å². The van der Waals surface area contributed by atoms with Crippen molar-refractivity contribution in [2.45, 2.75) is 32.2 Å². The molecule has 17 heavy (non-hydrogen) atoms. The van der Waals surface area contributed by atoms with Gasteiger partial charge in [0.05, 0.1) is 13.0 Å². The van der Waals surface area contributed by atoms with Gasteiger partial charge in [-0.3, -0.25) is 4.79 Å². The lowest BCUT2D eigenvalue weighted by Crippen LogP contribution is -2.40. The Balaban J connectivity index is 2.73. The first-order valence-corrected chi connectivity index (χ1v) is 5.65. The van der Waals surface area contributed by atoms with Gasteiger partial charge < -0.3 is 15.6 Å².